The van der Waals surface area contributed by atoms with Crippen LogP contribution in [0.25, 0.3) is 0 Å². The van der Waals surface area contributed by atoms with Crippen LogP contribution in [0.3, 0.4) is 0 Å². The quantitative estimate of drug-likeness (QED) is 0.0684. The van der Waals surface area contributed by atoms with Gasteiger partial charge < -0.3 is 42.5 Å². The molecule has 4 atom stereocenters. The van der Waals surface area contributed by atoms with Gasteiger partial charge in [-0.05, 0) is 31.4 Å². The molecular formula is C24H39N7O6. The average molecular weight is 522 g/mol. The molecule has 0 aliphatic heterocycles. The molecule has 0 aliphatic rings. The minimum atomic E-state index is -1.42. The molecule has 0 bridgehead atoms. The summed E-state index contributed by atoms with van der Waals surface area (Å²) in [5.74, 6) is -3.77. The van der Waals surface area contributed by atoms with E-state index in [9.17, 15) is 29.4 Å². The van der Waals surface area contributed by atoms with E-state index in [4.69, 9.17) is 11.1 Å². The van der Waals surface area contributed by atoms with Crippen molar-refractivity contribution in [2.75, 3.05) is 20.2 Å². The van der Waals surface area contributed by atoms with Crippen LogP contribution in [0.5, 0.6) is 0 Å². The molecule has 1 rings (SSSR count). The lowest BCUT2D eigenvalue weighted by atomic mass is 10.0. The number of nitrogens with one attached hydrogen (secondary N) is 6. The lowest BCUT2D eigenvalue weighted by Gasteiger charge is -2.27. The zero-order valence-corrected chi connectivity index (χ0v) is 21.4. The van der Waals surface area contributed by atoms with E-state index >= 15 is 0 Å². The van der Waals surface area contributed by atoms with E-state index in [1.165, 1.54) is 0 Å². The lowest BCUT2D eigenvalue weighted by Crippen LogP contribution is -2.59. The summed E-state index contributed by atoms with van der Waals surface area (Å²) in [6, 6.07) is 4.40. The predicted molar refractivity (Wildman–Crippen MR) is 137 cm³/mol. The zero-order chi connectivity index (χ0) is 28.0. The number of hydrogen-bond acceptors (Lipinski definition) is 7. The first-order chi connectivity index (χ1) is 17.5. The van der Waals surface area contributed by atoms with Gasteiger partial charge in [-0.15, -0.1) is 0 Å². The van der Waals surface area contributed by atoms with Crippen molar-refractivity contribution in [2.24, 2.45) is 11.7 Å². The molecule has 13 heteroatoms. The number of aliphatic carboxylic acids is 1. The first kappa shape index (κ1) is 31.3. The summed E-state index contributed by atoms with van der Waals surface area (Å²) in [5.41, 5.74) is 5.93. The van der Waals surface area contributed by atoms with Crippen molar-refractivity contribution < 1.29 is 29.4 Å². The summed E-state index contributed by atoms with van der Waals surface area (Å²) in [7, 11) is 1.60. The molecule has 0 aromatic heterocycles. The van der Waals surface area contributed by atoms with E-state index in [0.29, 0.717) is 24.9 Å². The van der Waals surface area contributed by atoms with Gasteiger partial charge in [0.15, 0.2) is 5.96 Å². The summed E-state index contributed by atoms with van der Waals surface area (Å²) in [4.78, 5) is 50.1. The Morgan fingerprint density at radius 1 is 0.946 bits per heavy atom. The number of aliphatic hydroxyl groups is 1. The number of hydrogen-bond donors (Lipinski definition) is 9. The second kappa shape index (κ2) is 16.1. The Bertz CT molecular complexity index is 912. The maximum absolute atomic E-state index is 12.9. The standard InChI is InChI=1S/C24H39N7O6/c1-14(2)19(31-20(33)16(27-3)10-7-11-28-24(25)26)22(35)30-18(13-32)21(34)29-17(23(36)37)12-15-8-5-4-6-9-15/h4-6,8-9,14,16-19,27,32H,7,10-13H2,1-3H3,(H,29,34)(H,30,35)(H,31,33)(H,36,37)(H4,25,26,28)/t16-,17-,18-,19?/m0/s1. The fourth-order valence-corrected chi connectivity index (χ4v) is 3.50. The van der Waals surface area contributed by atoms with Gasteiger partial charge in [-0.25, -0.2) is 4.79 Å². The number of nitrogens with two attached hydrogens (primary N) is 1. The zero-order valence-electron chi connectivity index (χ0n) is 21.4. The highest BCUT2D eigenvalue weighted by molar-refractivity contribution is 5.94. The van der Waals surface area contributed by atoms with Crippen LogP contribution in [0, 0.1) is 11.3 Å². The first-order valence-corrected chi connectivity index (χ1v) is 12.0. The summed E-state index contributed by atoms with van der Waals surface area (Å²) in [6.07, 6.45) is 0.971. The summed E-state index contributed by atoms with van der Waals surface area (Å²) < 4.78 is 0. The number of benzene rings is 1. The summed E-state index contributed by atoms with van der Waals surface area (Å²) in [5, 5.41) is 39.4. The van der Waals surface area contributed by atoms with Gasteiger partial charge in [-0.1, -0.05) is 44.2 Å². The Morgan fingerprint density at radius 2 is 1.54 bits per heavy atom. The maximum Gasteiger partial charge on any atom is 0.326 e. The molecule has 37 heavy (non-hydrogen) atoms. The summed E-state index contributed by atoms with van der Waals surface area (Å²) >= 11 is 0. The van der Waals surface area contributed by atoms with Crippen molar-refractivity contribution in [1.82, 2.24) is 26.6 Å². The van der Waals surface area contributed by atoms with E-state index in [-0.39, 0.29) is 18.3 Å². The third kappa shape index (κ3) is 11.3. The van der Waals surface area contributed by atoms with E-state index < -0.39 is 54.5 Å². The van der Waals surface area contributed by atoms with Crippen LogP contribution in [-0.4, -0.2) is 84.2 Å². The number of carboxylic acids is 1. The fraction of sp³-hybridized carbons (Fsp3) is 0.542. The van der Waals surface area contributed by atoms with E-state index in [2.05, 4.69) is 26.6 Å². The SMILES string of the molecule is CN[C@@H](CCCNC(=N)N)C(=O)NC(C(=O)N[C@@H](CO)C(=O)N[C@@H](Cc1ccccc1)C(=O)O)C(C)C. The van der Waals surface area contributed by atoms with E-state index in [1.807, 2.05) is 0 Å². The number of rotatable bonds is 16. The molecule has 1 aromatic rings. The topological polar surface area (TPSA) is 219 Å². The van der Waals surface area contributed by atoms with Crippen LogP contribution in [0.4, 0.5) is 0 Å². The smallest absolute Gasteiger partial charge is 0.326 e. The van der Waals surface area contributed by atoms with Gasteiger partial charge in [0, 0.05) is 13.0 Å². The Balaban J connectivity index is 2.80. The van der Waals surface area contributed by atoms with Gasteiger partial charge in [0.2, 0.25) is 17.7 Å². The highest BCUT2D eigenvalue weighted by Crippen LogP contribution is 2.07. The molecule has 0 saturated carbocycles. The molecule has 206 valence electrons. The molecule has 1 aromatic carbocycles. The van der Waals surface area contributed by atoms with Gasteiger partial charge >= 0.3 is 5.97 Å². The van der Waals surface area contributed by atoms with Crippen LogP contribution in [-0.2, 0) is 25.6 Å². The predicted octanol–water partition coefficient (Wildman–Crippen LogP) is -1.73. The Morgan fingerprint density at radius 3 is 2.05 bits per heavy atom. The molecule has 0 fully saturated rings. The molecule has 0 heterocycles. The van der Waals surface area contributed by atoms with Gasteiger partial charge in [0.1, 0.15) is 18.1 Å². The van der Waals surface area contributed by atoms with Crippen molar-refractivity contribution in [3.05, 3.63) is 35.9 Å². The normalized spacial score (nSPS) is 14.1. The Hall–Kier alpha value is -3.71. The van der Waals surface area contributed by atoms with Gasteiger partial charge in [-0.2, -0.15) is 0 Å². The van der Waals surface area contributed by atoms with Crippen molar-refractivity contribution in [3.8, 4) is 0 Å². The first-order valence-electron chi connectivity index (χ1n) is 12.0. The van der Waals surface area contributed by atoms with Crippen LogP contribution >= 0.6 is 0 Å². The fourth-order valence-electron chi connectivity index (χ4n) is 3.50. The third-order valence-corrected chi connectivity index (χ3v) is 5.61. The molecule has 0 saturated heterocycles. The minimum absolute atomic E-state index is 0.0199. The molecule has 0 aliphatic carbocycles. The largest absolute Gasteiger partial charge is 0.480 e. The van der Waals surface area contributed by atoms with Crippen molar-refractivity contribution in [1.29, 1.82) is 5.41 Å². The van der Waals surface area contributed by atoms with Crippen LogP contribution in [0.2, 0.25) is 0 Å². The van der Waals surface area contributed by atoms with Crippen molar-refractivity contribution in [3.63, 3.8) is 0 Å². The number of carboxylic acid groups (broad SMARTS) is 1. The number of amides is 3. The maximum atomic E-state index is 12.9. The van der Waals surface area contributed by atoms with Gasteiger partial charge in [0.05, 0.1) is 12.6 Å². The molecule has 0 spiro atoms. The number of guanidine groups is 1. The minimum Gasteiger partial charge on any atom is -0.480 e. The lowest BCUT2D eigenvalue weighted by molar-refractivity contribution is -0.142. The number of carbonyl (C=O) groups excluding carboxylic acids is 3. The molecule has 1 unspecified atom stereocenters. The molecule has 10 N–H and O–H groups in total. The monoisotopic (exact) mass is 521 g/mol. The molecule has 13 nitrogen and oxygen atoms in total. The van der Waals surface area contributed by atoms with Gasteiger partial charge in [0.25, 0.3) is 0 Å². The van der Waals surface area contributed by atoms with Crippen molar-refractivity contribution in [2.45, 2.75) is 57.3 Å². The molecule has 0 radical (unpaired) electrons. The van der Waals surface area contributed by atoms with Crippen LogP contribution < -0.4 is 32.3 Å². The molecule has 3 amide bonds. The van der Waals surface area contributed by atoms with Gasteiger partial charge in [-0.3, -0.25) is 19.8 Å². The van der Waals surface area contributed by atoms with E-state index in [0.717, 1.165) is 0 Å². The number of aliphatic hydroxyl groups excluding tert-OH is 1. The second-order valence-corrected chi connectivity index (χ2v) is 8.89. The second-order valence-electron chi connectivity index (χ2n) is 8.89. The summed E-state index contributed by atoms with van der Waals surface area (Å²) in [6.45, 7) is 3.06. The Labute approximate surface area is 216 Å². The highest BCUT2D eigenvalue weighted by atomic mass is 16.4. The highest BCUT2D eigenvalue weighted by Gasteiger charge is 2.31. The third-order valence-electron chi connectivity index (χ3n) is 5.61. The Kier molecular flexibility index (Phi) is 13.6. The number of likely N-dealkylation sites (N-methyl/N-ethyl adjacent to an activating group) is 1. The van der Waals surface area contributed by atoms with Crippen LogP contribution in [0.15, 0.2) is 30.3 Å². The van der Waals surface area contributed by atoms with E-state index in [1.54, 1.807) is 51.2 Å². The molecular weight excluding hydrogens is 482 g/mol. The number of carbonyl (C=O) groups is 4. The average Bonchev–Trinajstić information content (AvgIpc) is 2.85. The van der Waals surface area contributed by atoms with Crippen LogP contribution in [0.1, 0.15) is 32.3 Å². The van der Waals surface area contributed by atoms with Crippen molar-refractivity contribution >= 4 is 29.7 Å².